The van der Waals surface area contributed by atoms with Crippen molar-refractivity contribution >= 4 is 33.6 Å². The molecule has 182 valence electrons. The zero-order valence-electron chi connectivity index (χ0n) is 20.7. The standard InChI is InChI=1S/C34H20N4S/c1-3-11-28-22(7-1)23-15-18-35-20-29(23)38(28)21-13-14-31-27(19-21)34(24-8-2-4-12-30(24)39-31)25-9-5-16-36-32(25)33-26(34)10-6-17-37-33/h1-20H. The topological polar surface area (TPSA) is 43.6 Å². The molecule has 0 unspecified atom stereocenters. The zero-order chi connectivity index (χ0) is 25.6. The van der Waals surface area contributed by atoms with Crippen LogP contribution >= 0.6 is 11.8 Å². The second-order valence-corrected chi connectivity index (χ2v) is 11.2. The van der Waals surface area contributed by atoms with Gasteiger partial charge >= 0.3 is 0 Å². The Kier molecular flexibility index (Phi) is 4.16. The lowest BCUT2D eigenvalue weighted by atomic mass is 9.67. The van der Waals surface area contributed by atoms with Gasteiger partial charge in [0.2, 0.25) is 0 Å². The normalized spacial score (nSPS) is 14.3. The summed E-state index contributed by atoms with van der Waals surface area (Å²) in [6.07, 6.45) is 7.61. The minimum absolute atomic E-state index is 0.503. The lowest BCUT2D eigenvalue weighted by Gasteiger charge is -2.39. The number of para-hydroxylation sites is 1. The Bertz CT molecular complexity index is 2030. The first-order valence-corrected chi connectivity index (χ1v) is 13.8. The summed E-state index contributed by atoms with van der Waals surface area (Å²) in [5, 5.41) is 2.43. The molecule has 1 spiro atoms. The van der Waals surface area contributed by atoms with Gasteiger partial charge in [0.05, 0.1) is 34.0 Å². The van der Waals surface area contributed by atoms with E-state index in [0.29, 0.717) is 0 Å². The van der Waals surface area contributed by atoms with Crippen LogP contribution in [0.5, 0.6) is 0 Å². The number of nitrogens with zero attached hydrogens (tertiary/aromatic N) is 4. The van der Waals surface area contributed by atoms with Crippen molar-refractivity contribution in [1.29, 1.82) is 0 Å². The maximum Gasteiger partial charge on any atom is 0.0937 e. The van der Waals surface area contributed by atoms with Crippen LogP contribution in [0.25, 0.3) is 38.9 Å². The van der Waals surface area contributed by atoms with Gasteiger partial charge < -0.3 is 4.57 Å². The van der Waals surface area contributed by atoms with E-state index in [-0.39, 0.29) is 0 Å². The number of aromatic nitrogens is 4. The van der Waals surface area contributed by atoms with E-state index in [9.17, 15) is 0 Å². The van der Waals surface area contributed by atoms with E-state index in [0.717, 1.165) is 22.6 Å². The van der Waals surface area contributed by atoms with E-state index in [2.05, 4.69) is 107 Å². The number of hydrogen-bond acceptors (Lipinski definition) is 4. The minimum atomic E-state index is -0.503. The molecule has 39 heavy (non-hydrogen) atoms. The van der Waals surface area contributed by atoms with Gasteiger partial charge in [0, 0.05) is 44.8 Å². The predicted molar refractivity (Wildman–Crippen MR) is 156 cm³/mol. The van der Waals surface area contributed by atoms with E-state index in [1.54, 1.807) is 0 Å². The highest BCUT2D eigenvalue weighted by molar-refractivity contribution is 7.99. The molecule has 0 bridgehead atoms. The van der Waals surface area contributed by atoms with Gasteiger partial charge in [-0.3, -0.25) is 15.0 Å². The smallest absolute Gasteiger partial charge is 0.0937 e. The molecule has 0 atom stereocenters. The first-order valence-electron chi connectivity index (χ1n) is 13.0. The average molecular weight is 517 g/mol. The molecule has 1 aliphatic carbocycles. The van der Waals surface area contributed by atoms with Crippen molar-refractivity contribution in [2.75, 3.05) is 0 Å². The molecule has 4 nitrogen and oxygen atoms in total. The second kappa shape index (κ2) is 7.65. The molecule has 3 aromatic carbocycles. The van der Waals surface area contributed by atoms with Gasteiger partial charge in [-0.25, -0.2) is 0 Å². The SMILES string of the molecule is c1ccc2c(c1)Sc1ccc(-n3c4ccccc4c4ccncc43)cc1C21c2cccnc2-c2ncccc21. The predicted octanol–water partition coefficient (Wildman–Crippen LogP) is 7.80. The van der Waals surface area contributed by atoms with Crippen molar-refractivity contribution in [3.05, 3.63) is 144 Å². The monoisotopic (exact) mass is 516 g/mol. The summed E-state index contributed by atoms with van der Waals surface area (Å²) in [6, 6.07) is 35.0. The molecule has 9 rings (SSSR count). The van der Waals surface area contributed by atoms with Crippen molar-refractivity contribution in [3.8, 4) is 17.1 Å². The van der Waals surface area contributed by atoms with Crippen molar-refractivity contribution in [2.24, 2.45) is 0 Å². The van der Waals surface area contributed by atoms with Crippen LogP contribution in [-0.4, -0.2) is 19.5 Å². The molecule has 0 saturated heterocycles. The molecule has 0 saturated carbocycles. The maximum atomic E-state index is 4.87. The number of fused-ring (bicyclic) bond motifs is 12. The van der Waals surface area contributed by atoms with Gasteiger partial charge in [-0.15, -0.1) is 0 Å². The molecule has 0 amide bonds. The lowest BCUT2D eigenvalue weighted by Crippen LogP contribution is -2.32. The fourth-order valence-electron chi connectivity index (χ4n) is 6.78. The van der Waals surface area contributed by atoms with Gasteiger partial charge in [-0.1, -0.05) is 60.3 Å². The van der Waals surface area contributed by atoms with E-state index < -0.39 is 5.41 Å². The van der Waals surface area contributed by atoms with Crippen LogP contribution in [0, 0.1) is 0 Å². The Labute approximate surface area is 229 Å². The zero-order valence-corrected chi connectivity index (χ0v) is 21.6. The van der Waals surface area contributed by atoms with E-state index in [1.165, 1.54) is 48.3 Å². The van der Waals surface area contributed by atoms with Crippen LogP contribution in [0.15, 0.2) is 132 Å². The molecule has 7 aromatic rings. The summed E-state index contributed by atoms with van der Waals surface area (Å²) < 4.78 is 2.35. The molecule has 0 fully saturated rings. The van der Waals surface area contributed by atoms with E-state index in [4.69, 9.17) is 9.97 Å². The summed E-state index contributed by atoms with van der Waals surface area (Å²) in [5.41, 5.74) is 9.75. The second-order valence-electron chi connectivity index (χ2n) is 10.1. The highest BCUT2D eigenvalue weighted by atomic mass is 32.2. The quantitative estimate of drug-likeness (QED) is 0.223. The van der Waals surface area contributed by atoms with Crippen molar-refractivity contribution in [2.45, 2.75) is 15.2 Å². The Balaban J connectivity index is 1.43. The van der Waals surface area contributed by atoms with Gasteiger partial charge in [-0.2, -0.15) is 0 Å². The fourth-order valence-corrected chi connectivity index (χ4v) is 7.96. The highest BCUT2D eigenvalue weighted by Crippen LogP contribution is 2.61. The number of hydrogen-bond donors (Lipinski definition) is 0. The summed E-state index contributed by atoms with van der Waals surface area (Å²) >= 11 is 1.84. The molecule has 2 aliphatic rings. The molecule has 4 aromatic heterocycles. The van der Waals surface area contributed by atoms with Crippen LogP contribution < -0.4 is 0 Å². The van der Waals surface area contributed by atoms with Gasteiger partial charge in [-0.05, 0) is 70.8 Å². The third-order valence-electron chi connectivity index (χ3n) is 8.26. The molecule has 0 N–H and O–H groups in total. The van der Waals surface area contributed by atoms with Gasteiger partial charge in [0.15, 0.2) is 0 Å². The van der Waals surface area contributed by atoms with Gasteiger partial charge in [0.1, 0.15) is 0 Å². The molecule has 5 heteroatoms. The molecule has 1 aliphatic heterocycles. The largest absolute Gasteiger partial charge is 0.308 e. The lowest BCUT2D eigenvalue weighted by molar-refractivity contribution is 0.718. The Morgan fingerprint density at radius 1 is 0.564 bits per heavy atom. The van der Waals surface area contributed by atoms with Crippen molar-refractivity contribution in [3.63, 3.8) is 0 Å². The molecule has 5 heterocycles. The first kappa shape index (κ1) is 21.2. The number of pyridine rings is 3. The van der Waals surface area contributed by atoms with E-state index >= 15 is 0 Å². The maximum absolute atomic E-state index is 4.87. The van der Waals surface area contributed by atoms with Crippen LogP contribution in [0.3, 0.4) is 0 Å². The third kappa shape index (κ3) is 2.63. The average Bonchev–Trinajstić information content (AvgIpc) is 3.49. The Morgan fingerprint density at radius 2 is 1.26 bits per heavy atom. The van der Waals surface area contributed by atoms with Crippen molar-refractivity contribution < 1.29 is 0 Å². The van der Waals surface area contributed by atoms with Gasteiger partial charge in [0.25, 0.3) is 0 Å². The fraction of sp³-hybridized carbons (Fsp3) is 0.0294. The highest BCUT2D eigenvalue weighted by Gasteiger charge is 2.51. The molecule has 0 radical (unpaired) electrons. The van der Waals surface area contributed by atoms with Crippen LogP contribution in [0.4, 0.5) is 0 Å². The summed E-state index contributed by atoms with van der Waals surface area (Å²) in [5.74, 6) is 0. The van der Waals surface area contributed by atoms with E-state index in [1.807, 2.05) is 36.5 Å². The number of benzene rings is 3. The molecular weight excluding hydrogens is 496 g/mol. The van der Waals surface area contributed by atoms with Crippen molar-refractivity contribution in [1.82, 2.24) is 19.5 Å². The Hall–Kier alpha value is -4.74. The van der Waals surface area contributed by atoms with Crippen LogP contribution in [-0.2, 0) is 5.41 Å². The first-order chi connectivity index (χ1) is 19.4. The summed E-state index contributed by atoms with van der Waals surface area (Å²) in [4.78, 5) is 16.8. The summed E-state index contributed by atoms with van der Waals surface area (Å²) in [7, 11) is 0. The van der Waals surface area contributed by atoms with Crippen LogP contribution in [0.1, 0.15) is 22.3 Å². The van der Waals surface area contributed by atoms with Crippen LogP contribution in [0.2, 0.25) is 0 Å². The third-order valence-corrected chi connectivity index (χ3v) is 9.41. The summed E-state index contributed by atoms with van der Waals surface area (Å²) in [6.45, 7) is 0. The minimum Gasteiger partial charge on any atom is -0.308 e. The number of rotatable bonds is 1. The molecular formula is C34H20N4S. The Morgan fingerprint density at radius 3 is 2.10 bits per heavy atom.